The van der Waals surface area contributed by atoms with Crippen molar-refractivity contribution in [2.24, 2.45) is 5.73 Å². The zero-order valence-electron chi connectivity index (χ0n) is 16.9. The van der Waals surface area contributed by atoms with Crippen molar-refractivity contribution >= 4 is 11.6 Å². The predicted molar refractivity (Wildman–Crippen MR) is 116 cm³/mol. The van der Waals surface area contributed by atoms with E-state index in [9.17, 15) is 9.90 Å². The Morgan fingerprint density at radius 2 is 1.97 bits per heavy atom. The lowest BCUT2D eigenvalue weighted by molar-refractivity contribution is 0.100. The molecule has 6 nitrogen and oxygen atoms in total. The molecular formula is C24H25N3O3. The van der Waals surface area contributed by atoms with E-state index in [1.54, 1.807) is 12.3 Å². The largest absolute Gasteiger partial charge is 0.472 e. The van der Waals surface area contributed by atoms with Gasteiger partial charge in [-0.1, -0.05) is 42.5 Å². The van der Waals surface area contributed by atoms with E-state index in [0.29, 0.717) is 23.6 Å². The summed E-state index contributed by atoms with van der Waals surface area (Å²) in [6, 6.07) is 18.6. The second-order valence-corrected chi connectivity index (χ2v) is 7.60. The molecule has 3 aromatic rings. The molecule has 0 bridgehead atoms. The van der Waals surface area contributed by atoms with Gasteiger partial charge in [-0.3, -0.25) is 4.79 Å². The van der Waals surface area contributed by atoms with Gasteiger partial charge in [-0.15, -0.1) is 0 Å². The molecule has 2 atom stereocenters. The molecule has 2 heterocycles. The fourth-order valence-corrected chi connectivity index (χ4v) is 3.76. The molecule has 154 valence electrons. The first-order valence-electron chi connectivity index (χ1n) is 10.0. The van der Waals surface area contributed by atoms with E-state index in [2.05, 4.69) is 9.88 Å². The molecule has 1 unspecified atom stereocenters. The van der Waals surface area contributed by atoms with Gasteiger partial charge in [0.15, 0.2) is 0 Å². The van der Waals surface area contributed by atoms with Gasteiger partial charge in [-0.2, -0.15) is 0 Å². The Bertz CT molecular complexity index is 1020. The molecule has 1 aliphatic rings. The highest BCUT2D eigenvalue weighted by atomic mass is 16.5. The molecule has 1 amide bonds. The van der Waals surface area contributed by atoms with E-state index < -0.39 is 12.0 Å². The maximum Gasteiger partial charge on any atom is 0.250 e. The highest BCUT2D eigenvalue weighted by Crippen LogP contribution is 2.30. The van der Waals surface area contributed by atoms with Gasteiger partial charge in [0.05, 0.1) is 12.1 Å². The highest BCUT2D eigenvalue weighted by molar-refractivity contribution is 5.99. The molecule has 0 radical (unpaired) electrons. The Hall–Kier alpha value is -3.38. The molecule has 4 rings (SSSR count). The SMILES string of the molecule is Cc1ccc(O[C@H]2CCN(c3ccc(C(O)c4ccccc4)cc3C(N)=O)C2)nc1. The number of nitrogens with two attached hydrogens (primary N) is 1. The lowest BCUT2D eigenvalue weighted by Gasteiger charge is -2.22. The number of benzene rings is 2. The molecule has 1 aliphatic heterocycles. The molecule has 1 saturated heterocycles. The summed E-state index contributed by atoms with van der Waals surface area (Å²) >= 11 is 0. The van der Waals surface area contributed by atoms with Gasteiger partial charge in [0.2, 0.25) is 5.88 Å². The number of hydrogen-bond acceptors (Lipinski definition) is 5. The average molecular weight is 403 g/mol. The van der Waals surface area contributed by atoms with E-state index >= 15 is 0 Å². The van der Waals surface area contributed by atoms with Crippen molar-refractivity contribution < 1.29 is 14.6 Å². The Balaban J connectivity index is 1.52. The van der Waals surface area contributed by atoms with E-state index in [-0.39, 0.29) is 6.10 Å². The van der Waals surface area contributed by atoms with Crippen LogP contribution in [0.15, 0.2) is 66.9 Å². The fraction of sp³-hybridized carbons (Fsp3) is 0.250. The molecule has 0 spiro atoms. The number of amides is 1. The lowest BCUT2D eigenvalue weighted by atomic mass is 9.98. The Morgan fingerprint density at radius 1 is 1.17 bits per heavy atom. The van der Waals surface area contributed by atoms with Crippen LogP contribution in [0.3, 0.4) is 0 Å². The van der Waals surface area contributed by atoms with Crippen LogP contribution >= 0.6 is 0 Å². The highest BCUT2D eigenvalue weighted by Gasteiger charge is 2.27. The lowest BCUT2D eigenvalue weighted by Crippen LogP contribution is -2.27. The minimum atomic E-state index is -0.819. The predicted octanol–water partition coefficient (Wildman–Crippen LogP) is 3.23. The number of pyridine rings is 1. The summed E-state index contributed by atoms with van der Waals surface area (Å²) in [6.45, 7) is 3.37. The normalized spacial score (nSPS) is 17.0. The monoisotopic (exact) mass is 403 g/mol. The number of rotatable bonds is 6. The van der Waals surface area contributed by atoms with Crippen LogP contribution in [0.5, 0.6) is 5.88 Å². The molecule has 30 heavy (non-hydrogen) atoms. The van der Waals surface area contributed by atoms with Crippen molar-refractivity contribution in [2.45, 2.75) is 25.6 Å². The zero-order chi connectivity index (χ0) is 21.1. The van der Waals surface area contributed by atoms with Crippen molar-refractivity contribution in [2.75, 3.05) is 18.0 Å². The minimum absolute atomic E-state index is 0.0180. The van der Waals surface area contributed by atoms with E-state index in [4.69, 9.17) is 10.5 Å². The quantitative estimate of drug-likeness (QED) is 0.660. The van der Waals surface area contributed by atoms with Crippen molar-refractivity contribution in [3.05, 3.63) is 89.1 Å². The van der Waals surface area contributed by atoms with E-state index in [0.717, 1.165) is 29.8 Å². The van der Waals surface area contributed by atoms with Gasteiger partial charge >= 0.3 is 0 Å². The van der Waals surface area contributed by atoms with Crippen molar-refractivity contribution in [1.82, 2.24) is 4.98 Å². The van der Waals surface area contributed by atoms with Gasteiger partial charge in [0, 0.05) is 30.9 Å². The maximum atomic E-state index is 12.2. The fourth-order valence-electron chi connectivity index (χ4n) is 3.76. The van der Waals surface area contributed by atoms with Crippen LogP contribution in [0.1, 0.15) is 39.6 Å². The minimum Gasteiger partial charge on any atom is -0.472 e. The van der Waals surface area contributed by atoms with E-state index in [1.165, 1.54) is 0 Å². The summed E-state index contributed by atoms with van der Waals surface area (Å²) in [5.41, 5.74) is 9.31. The van der Waals surface area contributed by atoms with Crippen LogP contribution < -0.4 is 15.4 Å². The first-order chi connectivity index (χ1) is 14.5. The number of carbonyl (C=O) groups is 1. The smallest absolute Gasteiger partial charge is 0.250 e. The summed E-state index contributed by atoms with van der Waals surface area (Å²) < 4.78 is 5.99. The number of aliphatic hydroxyl groups is 1. The summed E-state index contributed by atoms with van der Waals surface area (Å²) in [5, 5.41) is 10.7. The number of carbonyl (C=O) groups excluding carboxylic acids is 1. The molecule has 0 aliphatic carbocycles. The van der Waals surface area contributed by atoms with Gasteiger partial charge in [-0.25, -0.2) is 4.98 Å². The second kappa shape index (κ2) is 8.55. The van der Waals surface area contributed by atoms with Crippen LogP contribution in [0, 0.1) is 6.92 Å². The van der Waals surface area contributed by atoms with Gasteiger partial charge in [0.1, 0.15) is 12.2 Å². The van der Waals surface area contributed by atoms with Gasteiger partial charge in [-0.05, 0) is 35.7 Å². The molecule has 1 fully saturated rings. The number of hydrogen-bond donors (Lipinski definition) is 2. The topological polar surface area (TPSA) is 88.7 Å². The number of aromatic nitrogens is 1. The molecule has 0 saturated carbocycles. The summed E-state index contributed by atoms with van der Waals surface area (Å²) in [6.07, 6.45) is 1.77. The van der Waals surface area contributed by atoms with Crippen LogP contribution in [-0.4, -0.2) is 35.2 Å². The third-order valence-electron chi connectivity index (χ3n) is 5.37. The first-order valence-corrected chi connectivity index (χ1v) is 10.0. The molecular weight excluding hydrogens is 378 g/mol. The number of aliphatic hydroxyl groups excluding tert-OH is 1. The first kappa shape index (κ1) is 19.9. The number of ether oxygens (including phenoxy) is 1. The Labute approximate surface area is 175 Å². The van der Waals surface area contributed by atoms with Crippen LogP contribution in [0.2, 0.25) is 0 Å². The van der Waals surface area contributed by atoms with Crippen LogP contribution in [-0.2, 0) is 0 Å². The zero-order valence-corrected chi connectivity index (χ0v) is 16.9. The van der Waals surface area contributed by atoms with Crippen molar-refractivity contribution in [3.63, 3.8) is 0 Å². The number of primary amides is 1. The second-order valence-electron chi connectivity index (χ2n) is 7.60. The molecule has 6 heteroatoms. The van der Waals surface area contributed by atoms with Crippen molar-refractivity contribution in [1.29, 1.82) is 0 Å². The third-order valence-corrected chi connectivity index (χ3v) is 5.37. The number of anilines is 1. The molecule has 2 aromatic carbocycles. The Morgan fingerprint density at radius 3 is 2.67 bits per heavy atom. The Kier molecular flexibility index (Phi) is 5.68. The molecule has 1 aromatic heterocycles. The standard InChI is InChI=1S/C24H25N3O3/c1-16-7-10-22(26-14-16)30-19-11-12-27(15-19)21-9-8-18(13-20(21)24(25)29)23(28)17-5-3-2-4-6-17/h2-10,13-14,19,23,28H,11-12,15H2,1H3,(H2,25,29)/t19-,23?/m0/s1. The number of aryl methyl sites for hydroxylation is 1. The molecule has 3 N–H and O–H groups in total. The maximum absolute atomic E-state index is 12.2. The van der Waals surface area contributed by atoms with E-state index in [1.807, 2.05) is 61.5 Å². The number of nitrogens with zero attached hydrogens (tertiary/aromatic N) is 2. The summed E-state index contributed by atoms with van der Waals surface area (Å²) in [4.78, 5) is 18.6. The third kappa shape index (κ3) is 4.28. The van der Waals surface area contributed by atoms with Crippen LogP contribution in [0.25, 0.3) is 0 Å². The summed E-state index contributed by atoms with van der Waals surface area (Å²) in [5.74, 6) is 0.0839. The average Bonchev–Trinajstić information content (AvgIpc) is 3.23. The van der Waals surface area contributed by atoms with Crippen LogP contribution in [0.4, 0.5) is 5.69 Å². The van der Waals surface area contributed by atoms with Crippen molar-refractivity contribution in [3.8, 4) is 5.88 Å². The van der Waals surface area contributed by atoms with Gasteiger partial charge in [0.25, 0.3) is 5.91 Å². The van der Waals surface area contributed by atoms with Gasteiger partial charge < -0.3 is 20.5 Å². The summed E-state index contributed by atoms with van der Waals surface area (Å²) in [7, 11) is 0.